The molecule has 0 aliphatic heterocycles. The maximum atomic E-state index is 2.48. The topological polar surface area (TPSA) is 9.86 Å². The summed E-state index contributed by atoms with van der Waals surface area (Å²) in [7, 11) is 0. The molecule has 0 bridgehead atoms. The van der Waals surface area contributed by atoms with Gasteiger partial charge in [-0.3, -0.25) is 0 Å². The molecule has 13 rings (SSSR count). The molecule has 0 saturated carbocycles. The predicted molar refractivity (Wildman–Crippen MR) is 288 cm³/mol. The van der Waals surface area contributed by atoms with Gasteiger partial charge in [0.05, 0.1) is 27.8 Å². The molecular formula is C66H44N2. The van der Waals surface area contributed by atoms with Crippen molar-refractivity contribution in [3.05, 3.63) is 267 Å². The zero-order chi connectivity index (χ0) is 45.0. The van der Waals surface area contributed by atoms with E-state index in [9.17, 15) is 0 Å². The fourth-order valence-electron chi connectivity index (χ4n) is 10.5. The number of aromatic nitrogens is 2. The van der Waals surface area contributed by atoms with E-state index in [2.05, 4.69) is 276 Å². The molecule has 0 amide bonds. The first-order valence-electron chi connectivity index (χ1n) is 23.4. The molecule has 2 nitrogen and oxygen atoms in total. The van der Waals surface area contributed by atoms with Crippen LogP contribution in [-0.2, 0) is 0 Å². The number of hydrogen-bond donors (Lipinski definition) is 0. The minimum Gasteiger partial charge on any atom is -0.309 e. The van der Waals surface area contributed by atoms with Gasteiger partial charge in [0.1, 0.15) is 0 Å². The molecule has 68 heavy (non-hydrogen) atoms. The lowest BCUT2D eigenvalue weighted by Crippen LogP contribution is -1.98. The summed E-state index contributed by atoms with van der Waals surface area (Å²) >= 11 is 0. The quantitative estimate of drug-likeness (QED) is 0.144. The van der Waals surface area contributed by atoms with Crippen LogP contribution in [0, 0.1) is 0 Å². The number of benzene rings is 11. The van der Waals surface area contributed by atoms with Gasteiger partial charge in [0.25, 0.3) is 0 Å². The highest BCUT2D eigenvalue weighted by molar-refractivity contribution is 6.17. The van der Waals surface area contributed by atoms with E-state index in [4.69, 9.17) is 0 Å². The van der Waals surface area contributed by atoms with E-state index in [1.807, 2.05) is 0 Å². The Morgan fingerprint density at radius 3 is 1.34 bits per heavy atom. The van der Waals surface area contributed by atoms with E-state index in [1.165, 1.54) is 110 Å². The molecule has 13 aromatic rings. The van der Waals surface area contributed by atoms with Crippen molar-refractivity contribution in [2.24, 2.45) is 0 Å². The van der Waals surface area contributed by atoms with E-state index in [0.717, 1.165) is 11.4 Å². The number of rotatable bonds is 8. The van der Waals surface area contributed by atoms with Crippen LogP contribution >= 0.6 is 0 Å². The number of nitrogens with zero attached hydrogens (tertiary/aromatic N) is 2. The molecule has 2 heterocycles. The molecule has 11 aromatic carbocycles. The van der Waals surface area contributed by atoms with E-state index >= 15 is 0 Å². The predicted octanol–water partition coefficient (Wildman–Crippen LogP) is 17.9. The summed E-state index contributed by atoms with van der Waals surface area (Å²) in [6.45, 7) is 0. The maximum Gasteiger partial charge on any atom is 0.0547 e. The Labute approximate surface area is 395 Å². The monoisotopic (exact) mass is 864 g/mol. The molecule has 318 valence electrons. The smallest absolute Gasteiger partial charge is 0.0547 e. The third-order valence-corrected chi connectivity index (χ3v) is 13.7. The lowest BCUT2D eigenvalue weighted by molar-refractivity contribution is 1.18. The van der Waals surface area contributed by atoms with Crippen LogP contribution in [0.15, 0.2) is 267 Å². The molecule has 0 atom stereocenters. The molecular weight excluding hydrogens is 821 g/mol. The molecule has 0 aliphatic rings. The first-order valence-corrected chi connectivity index (χ1v) is 23.4. The van der Waals surface area contributed by atoms with Crippen LogP contribution in [0.2, 0.25) is 0 Å². The van der Waals surface area contributed by atoms with Crippen LogP contribution in [0.25, 0.3) is 122 Å². The number of hydrogen-bond acceptors (Lipinski definition) is 0. The van der Waals surface area contributed by atoms with Gasteiger partial charge < -0.3 is 9.13 Å². The summed E-state index contributed by atoms with van der Waals surface area (Å²) in [5.41, 5.74) is 21.3. The Hall–Kier alpha value is -8.98. The molecule has 0 saturated heterocycles. The summed E-state index contributed by atoms with van der Waals surface area (Å²) in [6.07, 6.45) is 0. The van der Waals surface area contributed by atoms with Crippen molar-refractivity contribution in [1.82, 2.24) is 9.13 Å². The van der Waals surface area contributed by atoms with Crippen LogP contribution in [0.3, 0.4) is 0 Å². The van der Waals surface area contributed by atoms with Crippen molar-refractivity contribution < 1.29 is 0 Å². The fourth-order valence-corrected chi connectivity index (χ4v) is 10.5. The highest BCUT2D eigenvalue weighted by Gasteiger charge is 2.21. The minimum atomic E-state index is 1.14. The third-order valence-electron chi connectivity index (χ3n) is 13.7. The molecule has 0 spiro atoms. The highest BCUT2D eigenvalue weighted by atomic mass is 15.0. The van der Waals surface area contributed by atoms with Gasteiger partial charge in [-0.1, -0.05) is 206 Å². The van der Waals surface area contributed by atoms with E-state index in [-0.39, 0.29) is 0 Å². The van der Waals surface area contributed by atoms with E-state index in [0.29, 0.717) is 0 Å². The zero-order valence-corrected chi connectivity index (χ0v) is 37.3. The Kier molecular flexibility index (Phi) is 9.54. The lowest BCUT2D eigenvalue weighted by Gasteiger charge is -2.17. The second kappa shape index (κ2) is 16.5. The summed E-state index contributed by atoms with van der Waals surface area (Å²) in [5, 5.41) is 4.92. The van der Waals surface area contributed by atoms with Crippen LogP contribution in [0.5, 0.6) is 0 Å². The molecule has 0 radical (unpaired) electrons. The van der Waals surface area contributed by atoms with E-state index < -0.39 is 0 Å². The zero-order valence-electron chi connectivity index (χ0n) is 37.3. The van der Waals surface area contributed by atoms with Crippen LogP contribution < -0.4 is 0 Å². The molecule has 0 N–H and O–H groups in total. The summed E-state index contributed by atoms with van der Waals surface area (Å²) < 4.78 is 4.93. The third kappa shape index (κ3) is 6.73. The molecule has 2 aromatic heterocycles. The van der Waals surface area contributed by atoms with Gasteiger partial charge in [0.15, 0.2) is 0 Å². The molecule has 2 heteroatoms. The number of para-hydroxylation sites is 1. The molecule has 0 aliphatic carbocycles. The molecule has 0 unspecified atom stereocenters. The average molecular weight is 865 g/mol. The standard InChI is InChI=1S/C66H44N2/c1-5-18-45(19-6-1)49-26-15-28-54(40-49)56-37-34-53(47-22-9-3-10-23-47)44-65(56)68-61-32-14-13-30-58(61)59-42-51(35-38-62(59)68)52-36-39-63-60(43-52)66-57(48-24-11-4-12-25-48)31-17-33-64(66)67(63)55-29-16-27-50(41-55)46-20-7-2-8-21-46/h1-44H. The SMILES string of the molecule is c1ccc(-c2cccc(-c3ccc(-c4ccccc4)cc3-n3c4ccccc4c4cc(-c5ccc6c(c5)c5c(-c7ccccc7)cccc5n6-c5cccc(-c6ccccc6)c5)ccc43)c2)cc1. The van der Waals surface area contributed by atoms with Crippen LogP contribution in [0.1, 0.15) is 0 Å². The first-order chi connectivity index (χ1) is 33.7. The van der Waals surface area contributed by atoms with Crippen molar-refractivity contribution >= 4 is 43.6 Å². The summed E-state index contributed by atoms with van der Waals surface area (Å²) in [5.74, 6) is 0. The van der Waals surface area contributed by atoms with Crippen LogP contribution in [0.4, 0.5) is 0 Å². The van der Waals surface area contributed by atoms with Gasteiger partial charge >= 0.3 is 0 Å². The van der Waals surface area contributed by atoms with Crippen molar-refractivity contribution in [1.29, 1.82) is 0 Å². The van der Waals surface area contributed by atoms with Crippen molar-refractivity contribution in [2.75, 3.05) is 0 Å². The highest BCUT2D eigenvalue weighted by Crippen LogP contribution is 2.43. The minimum absolute atomic E-state index is 1.14. The Morgan fingerprint density at radius 1 is 0.206 bits per heavy atom. The van der Waals surface area contributed by atoms with Crippen molar-refractivity contribution in [2.45, 2.75) is 0 Å². The van der Waals surface area contributed by atoms with E-state index in [1.54, 1.807) is 0 Å². The molecule has 0 fully saturated rings. The summed E-state index contributed by atoms with van der Waals surface area (Å²) in [6, 6.07) is 97.5. The first kappa shape index (κ1) is 39.4. The Morgan fingerprint density at radius 2 is 0.662 bits per heavy atom. The lowest BCUT2D eigenvalue weighted by atomic mass is 9.95. The largest absolute Gasteiger partial charge is 0.309 e. The van der Waals surface area contributed by atoms with Gasteiger partial charge in [-0.25, -0.2) is 0 Å². The second-order valence-electron chi connectivity index (χ2n) is 17.7. The maximum absolute atomic E-state index is 2.48. The van der Waals surface area contributed by atoms with Gasteiger partial charge in [-0.15, -0.1) is 0 Å². The van der Waals surface area contributed by atoms with Gasteiger partial charge in [0, 0.05) is 32.8 Å². The number of fused-ring (bicyclic) bond motifs is 6. The summed E-state index contributed by atoms with van der Waals surface area (Å²) in [4.78, 5) is 0. The van der Waals surface area contributed by atoms with Gasteiger partial charge in [0.2, 0.25) is 0 Å². The Balaban J connectivity index is 1.01. The normalized spacial score (nSPS) is 11.5. The fraction of sp³-hybridized carbons (Fsp3) is 0. The van der Waals surface area contributed by atoms with Crippen molar-refractivity contribution in [3.8, 4) is 78.1 Å². The van der Waals surface area contributed by atoms with Gasteiger partial charge in [-0.05, 0) is 122 Å². The Bertz CT molecular complexity index is 3990. The second-order valence-corrected chi connectivity index (χ2v) is 17.7. The van der Waals surface area contributed by atoms with Gasteiger partial charge in [-0.2, -0.15) is 0 Å². The van der Waals surface area contributed by atoms with Crippen molar-refractivity contribution in [3.63, 3.8) is 0 Å². The van der Waals surface area contributed by atoms with Crippen LogP contribution in [-0.4, -0.2) is 9.13 Å². The average Bonchev–Trinajstić information content (AvgIpc) is 3.94.